The fourth-order valence-corrected chi connectivity index (χ4v) is 0.829. The molecule has 0 fully saturated rings. The fraction of sp³-hybridized carbons (Fsp3) is 0.300. The van der Waals surface area contributed by atoms with Crippen molar-refractivity contribution in [3.63, 3.8) is 0 Å². The summed E-state index contributed by atoms with van der Waals surface area (Å²) in [5, 5.41) is 9.30. The van der Waals surface area contributed by atoms with Crippen molar-refractivity contribution in [2.24, 2.45) is 0 Å². The number of aliphatic carboxylic acids is 1. The molecule has 0 aliphatic heterocycles. The average Bonchev–Trinajstić information content (AvgIpc) is 2.23. The molecule has 0 radical (unpaired) electrons. The van der Waals surface area contributed by atoms with Crippen LogP contribution in [0, 0.1) is 0 Å². The zero-order valence-corrected chi connectivity index (χ0v) is 9.60. The fourth-order valence-electron chi connectivity index (χ4n) is 0.829. The molecule has 0 rings (SSSR count). The van der Waals surface area contributed by atoms with Crippen LogP contribution in [0.3, 0.4) is 0 Å². The van der Waals surface area contributed by atoms with Crippen molar-refractivity contribution in [1.82, 2.24) is 10.4 Å². The minimum atomic E-state index is -1.23. The van der Waals surface area contributed by atoms with Crippen molar-refractivity contribution in [2.45, 2.75) is 13.8 Å². The number of hydrogen-bond donors (Lipinski definition) is 2. The summed E-state index contributed by atoms with van der Waals surface area (Å²) < 4.78 is 4.68. The van der Waals surface area contributed by atoms with Gasteiger partial charge in [-0.15, -0.1) is 0 Å². The third-order valence-electron chi connectivity index (χ3n) is 1.54. The summed E-state index contributed by atoms with van der Waals surface area (Å²) in [6.45, 7) is 6.32. The number of rotatable bonds is 4. The molecule has 0 aliphatic rings. The Morgan fingerprint density at radius 3 is 2.47 bits per heavy atom. The number of carboxylic acid groups (broad SMARTS) is 1. The highest BCUT2D eigenvalue weighted by molar-refractivity contribution is 5.88. The first-order valence-electron chi connectivity index (χ1n) is 4.74. The second kappa shape index (κ2) is 7.04. The van der Waals surface area contributed by atoms with Gasteiger partial charge in [0, 0.05) is 6.54 Å². The Bertz CT molecular complexity index is 362. The van der Waals surface area contributed by atoms with Gasteiger partial charge in [0.25, 0.3) is 5.91 Å². The first-order chi connectivity index (χ1) is 7.90. The number of carboxylic acids is 1. The summed E-state index contributed by atoms with van der Waals surface area (Å²) in [6.07, 6.45) is 0.856. The molecule has 0 saturated heterocycles. The van der Waals surface area contributed by atoms with Gasteiger partial charge in [-0.25, -0.2) is 14.6 Å². The Morgan fingerprint density at radius 1 is 1.47 bits per heavy atom. The monoisotopic (exact) mass is 242 g/mol. The first-order valence-corrected chi connectivity index (χ1v) is 4.74. The number of nitrogens with one attached hydrogen (secondary N) is 1. The quantitative estimate of drug-likeness (QED) is 0.428. The third-order valence-corrected chi connectivity index (χ3v) is 1.54. The minimum absolute atomic E-state index is 0.0891. The molecule has 0 spiro atoms. The van der Waals surface area contributed by atoms with Crippen molar-refractivity contribution in [3.8, 4) is 0 Å². The van der Waals surface area contributed by atoms with E-state index in [4.69, 9.17) is 5.11 Å². The van der Waals surface area contributed by atoms with Gasteiger partial charge in [-0.05, 0) is 19.9 Å². The van der Waals surface area contributed by atoms with Gasteiger partial charge >= 0.3 is 12.1 Å². The molecule has 0 aliphatic carbocycles. The second-order valence-corrected chi connectivity index (χ2v) is 2.89. The Labute approximate surface area is 98.3 Å². The molecule has 0 saturated carbocycles. The normalized spacial score (nSPS) is 10.4. The number of hydrogen-bond acceptors (Lipinski definition) is 4. The summed E-state index contributed by atoms with van der Waals surface area (Å²) in [7, 11) is 0. The highest BCUT2D eigenvalue weighted by Gasteiger charge is 2.15. The predicted octanol–water partition coefficient (Wildman–Crippen LogP) is 0.651. The summed E-state index contributed by atoms with van der Waals surface area (Å²) in [6, 6.07) is 0. The summed E-state index contributed by atoms with van der Waals surface area (Å²) >= 11 is 0. The van der Waals surface area contributed by atoms with Crippen LogP contribution < -0.4 is 5.43 Å². The van der Waals surface area contributed by atoms with E-state index in [0.717, 1.165) is 17.2 Å². The molecule has 0 aromatic heterocycles. The lowest BCUT2D eigenvalue weighted by Gasteiger charge is -2.19. The lowest BCUT2D eigenvalue weighted by atomic mass is 10.5. The van der Waals surface area contributed by atoms with Crippen molar-refractivity contribution >= 4 is 18.0 Å². The molecule has 0 aromatic rings. The van der Waals surface area contributed by atoms with Crippen molar-refractivity contribution in [3.05, 3.63) is 24.5 Å². The molecule has 94 valence electrons. The van der Waals surface area contributed by atoms with Crippen LogP contribution in [0.15, 0.2) is 24.5 Å². The van der Waals surface area contributed by atoms with Crippen molar-refractivity contribution < 1.29 is 24.2 Å². The molecule has 0 bridgehead atoms. The molecule has 0 heterocycles. The first kappa shape index (κ1) is 14.7. The molecular formula is C10H14N2O5. The van der Waals surface area contributed by atoms with E-state index in [0.29, 0.717) is 0 Å². The zero-order valence-electron chi connectivity index (χ0n) is 9.60. The number of allylic oxidation sites excluding steroid dienone is 1. The number of carbonyl (C=O) groups excluding carboxylic acids is 2. The standard InChI is InChI=1S/C10H14N2O5/c1-4-8(13)11-12(5-2)10(16)17-7(3)6-9(14)15/h4,6H,1,5H2,2-3H3,(H,11,13)(H,14,15). The molecule has 7 heteroatoms. The van der Waals surface area contributed by atoms with Crippen LogP contribution in [0.25, 0.3) is 0 Å². The van der Waals surface area contributed by atoms with Gasteiger partial charge in [-0.3, -0.25) is 10.2 Å². The van der Waals surface area contributed by atoms with Crippen LogP contribution in [-0.2, 0) is 14.3 Å². The number of carbonyl (C=O) groups is 3. The van der Waals surface area contributed by atoms with Crippen molar-refractivity contribution in [1.29, 1.82) is 0 Å². The molecule has 0 aromatic carbocycles. The van der Waals surface area contributed by atoms with E-state index in [2.05, 4.69) is 16.7 Å². The Hall–Kier alpha value is -2.31. The van der Waals surface area contributed by atoms with Gasteiger partial charge < -0.3 is 9.84 Å². The van der Waals surface area contributed by atoms with E-state index in [-0.39, 0.29) is 12.3 Å². The largest absolute Gasteiger partial charge is 0.478 e. The van der Waals surface area contributed by atoms with E-state index < -0.39 is 18.0 Å². The topological polar surface area (TPSA) is 95.9 Å². The number of ether oxygens (including phenoxy) is 1. The maximum absolute atomic E-state index is 11.4. The third kappa shape index (κ3) is 5.98. The van der Waals surface area contributed by atoms with Crippen LogP contribution in [0.5, 0.6) is 0 Å². The number of amides is 2. The van der Waals surface area contributed by atoms with Gasteiger partial charge in [0.2, 0.25) is 0 Å². The minimum Gasteiger partial charge on any atom is -0.478 e. The lowest BCUT2D eigenvalue weighted by Crippen LogP contribution is -2.45. The molecule has 2 amide bonds. The van der Waals surface area contributed by atoms with Crippen LogP contribution in [0.4, 0.5) is 4.79 Å². The van der Waals surface area contributed by atoms with Gasteiger partial charge in [-0.2, -0.15) is 0 Å². The van der Waals surface area contributed by atoms with Gasteiger partial charge in [0.15, 0.2) is 0 Å². The highest BCUT2D eigenvalue weighted by Crippen LogP contribution is 2.00. The summed E-state index contributed by atoms with van der Waals surface area (Å²) in [4.78, 5) is 32.7. The molecule has 7 nitrogen and oxygen atoms in total. The van der Waals surface area contributed by atoms with Crippen LogP contribution in [0.2, 0.25) is 0 Å². The maximum Gasteiger partial charge on any atom is 0.433 e. The Morgan fingerprint density at radius 2 is 2.06 bits per heavy atom. The number of nitrogens with zero attached hydrogens (tertiary/aromatic N) is 1. The van der Waals surface area contributed by atoms with Gasteiger partial charge in [-0.1, -0.05) is 6.58 Å². The van der Waals surface area contributed by atoms with Crippen LogP contribution in [-0.4, -0.2) is 34.6 Å². The van der Waals surface area contributed by atoms with E-state index in [1.807, 2.05) is 0 Å². The van der Waals surface area contributed by atoms with Gasteiger partial charge in [0.05, 0.1) is 6.08 Å². The van der Waals surface area contributed by atoms with Crippen molar-refractivity contribution in [2.75, 3.05) is 6.54 Å². The van der Waals surface area contributed by atoms with E-state index in [9.17, 15) is 14.4 Å². The van der Waals surface area contributed by atoms with Gasteiger partial charge in [0.1, 0.15) is 5.76 Å². The molecule has 17 heavy (non-hydrogen) atoms. The van der Waals surface area contributed by atoms with E-state index in [1.54, 1.807) is 6.92 Å². The van der Waals surface area contributed by atoms with E-state index in [1.165, 1.54) is 6.92 Å². The molecule has 0 unspecified atom stereocenters. The Kier molecular flexibility index (Phi) is 6.09. The van der Waals surface area contributed by atoms with E-state index >= 15 is 0 Å². The van der Waals surface area contributed by atoms with Crippen LogP contribution in [0.1, 0.15) is 13.8 Å². The highest BCUT2D eigenvalue weighted by atomic mass is 16.6. The molecule has 2 N–H and O–H groups in total. The zero-order chi connectivity index (χ0) is 13.4. The number of hydrazine groups is 1. The Balaban J connectivity index is 4.50. The lowest BCUT2D eigenvalue weighted by molar-refractivity contribution is -0.131. The average molecular weight is 242 g/mol. The smallest absolute Gasteiger partial charge is 0.433 e. The maximum atomic E-state index is 11.4. The summed E-state index contributed by atoms with van der Waals surface area (Å²) in [5.41, 5.74) is 2.20. The molecule has 0 atom stereocenters. The van der Waals surface area contributed by atoms with Crippen LogP contribution >= 0.6 is 0 Å². The predicted molar refractivity (Wildman–Crippen MR) is 58.6 cm³/mol. The SMILES string of the molecule is C=CC(=O)NN(CC)C(=O)OC(C)=CC(=O)O. The second-order valence-electron chi connectivity index (χ2n) is 2.89. The summed E-state index contributed by atoms with van der Waals surface area (Å²) in [5.74, 6) is -1.88. The molecular weight excluding hydrogens is 228 g/mol.